The summed E-state index contributed by atoms with van der Waals surface area (Å²) in [5, 5.41) is 10.4. The molecular formula is C14H24N4O. The van der Waals surface area contributed by atoms with Crippen molar-refractivity contribution >= 4 is 5.91 Å². The summed E-state index contributed by atoms with van der Waals surface area (Å²) in [6.07, 6.45) is 2.18. The monoisotopic (exact) mass is 264 g/mol. The van der Waals surface area contributed by atoms with E-state index in [1.807, 2.05) is 18.7 Å². The van der Waals surface area contributed by atoms with Crippen LogP contribution in [0.5, 0.6) is 0 Å². The van der Waals surface area contributed by atoms with Gasteiger partial charge in [0.2, 0.25) is 0 Å². The van der Waals surface area contributed by atoms with E-state index >= 15 is 0 Å². The van der Waals surface area contributed by atoms with Gasteiger partial charge in [0, 0.05) is 18.8 Å². The maximum absolute atomic E-state index is 12.5. The van der Waals surface area contributed by atoms with E-state index in [-0.39, 0.29) is 5.91 Å². The van der Waals surface area contributed by atoms with Gasteiger partial charge >= 0.3 is 0 Å². The Morgan fingerprint density at radius 1 is 1.42 bits per heavy atom. The minimum atomic E-state index is 0.130. The summed E-state index contributed by atoms with van der Waals surface area (Å²) in [5.41, 5.74) is 2.43. The van der Waals surface area contributed by atoms with E-state index in [0.29, 0.717) is 5.92 Å². The van der Waals surface area contributed by atoms with Crippen LogP contribution < -0.4 is 5.32 Å². The van der Waals surface area contributed by atoms with Crippen LogP contribution in [0.2, 0.25) is 0 Å². The Labute approximate surface area is 114 Å². The first-order valence-electron chi connectivity index (χ1n) is 7.15. The number of rotatable bonds is 4. The molecule has 0 atom stereocenters. The number of likely N-dealkylation sites (tertiary alicyclic amines) is 1. The molecule has 1 aliphatic heterocycles. The quantitative estimate of drug-likeness (QED) is 0.866. The molecule has 0 saturated carbocycles. The van der Waals surface area contributed by atoms with E-state index in [1.165, 1.54) is 0 Å². The van der Waals surface area contributed by atoms with Crippen LogP contribution in [0, 0.1) is 19.8 Å². The molecule has 19 heavy (non-hydrogen) atoms. The minimum Gasteiger partial charge on any atom is -0.339 e. The lowest BCUT2D eigenvalue weighted by atomic mass is 9.96. The lowest BCUT2D eigenvalue weighted by Crippen LogP contribution is -2.41. The molecule has 1 amide bonds. The largest absolute Gasteiger partial charge is 0.339 e. The molecule has 0 aliphatic carbocycles. The molecule has 2 N–H and O–H groups in total. The number of carbonyl (C=O) groups excluding carboxylic acids is 1. The van der Waals surface area contributed by atoms with Gasteiger partial charge in [-0.3, -0.25) is 9.89 Å². The normalized spacial score (nSPS) is 16.9. The number of aromatic amines is 1. The number of hydrogen-bond acceptors (Lipinski definition) is 3. The van der Waals surface area contributed by atoms with Crippen molar-refractivity contribution in [3.05, 3.63) is 17.0 Å². The van der Waals surface area contributed by atoms with Crippen LogP contribution in [0.1, 0.15) is 41.5 Å². The van der Waals surface area contributed by atoms with Crippen molar-refractivity contribution in [3.63, 3.8) is 0 Å². The second-order valence-corrected chi connectivity index (χ2v) is 5.35. The van der Waals surface area contributed by atoms with Gasteiger partial charge in [0.15, 0.2) is 0 Å². The topological polar surface area (TPSA) is 61.0 Å². The number of aryl methyl sites for hydroxylation is 2. The highest BCUT2D eigenvalue weighted by Gasteiger charge is 2.26. The third-order valence-electron chi connectivity index (χ3n) is 3.93. The predicted molar refractivity (Wildman–Crippen MR) is 75.2 cm³/mol. The fourth-order valence-electron chi connectivity index (χ4n) is 2.71. The fourth-order valence-corrected chi connectivity index (χ4v) is 2.71. The first-order valence-corrected chi connectivity index (χ1v) is 7.15. The Morgan fingerprint density at radius 3 is 2.63 bits per heavy atom. The van der Waals surface area contributed by atoms with Gasteiger partial charge < -0.3 is 10.2 Å². The van der Waals surface area contributed by atoms with Crippen molar-refractivity contribution in [2.24, 2.45) is 5.92 Å². The van der Waals surface area contributed by atoms with Crippen LogP contribution in [0.25, 0.3) is 0 Å². The molecule has 2 rings (SSSR count). The molecule has 1 saturated heterocycles. The van der Waals surface area contributed by atoms with Crippen LogP contribution in [0.15, 0.2) is 0 Å². The molecule has 2 heterocycles. The van der Waals surface area contributed by atoms with E-state index in [1.54, 1.807) is 0 Å². The number of nitrogens with zero attached hydrogens (tertiary/aromatic N) is 2. The number of hydrogen-bond donors (Lipinski definition) is 2. The molecule has 106 valence electrons. The maximum Gasteiger partial charge on any atom is 0.257 e. The molecule has 0 spiro atoms. The van der Waals surface area contributed by atoms with E-state index < -0.39 is 0 Å². The van der Waals surface area contributed by atoms with E-state index in [4.69, 9.17) is 0 Å². The Hall–Kier alpha value is -1.36. The summed E-state index contributed by atoms with van der Waals surface area (Å²) >= 11 is 0. The SMILES string of the molecule is CCNCC1CCN(C(=O)c2c(C)n[nH]c2C)CC1. The number of carbonyl (C=O) groups is 1. The number of piperidine rings is 1. The molecule has 0 unspecified atom stereocenters. The zero-order chi connectivity index (χ0) is 13.8. The second-order valence-electron chi connectivity index (χ2n) is 5.35. The Bertz CT molecular complexity index is 413. The third kappa shape index (κ3) is 3.15. The predicted octanol–water partition coefficient (Wildman–Crippen LogP) is 1.49. The number of H-pyrrole nitrogens is 1. The molecule has 0 radical (unpaired) electrons. The summed E-state index contributed by atoms with van der Waals surface area (Å²) in [5.74, 6) is 0.834. The summed E-state index contributed by atoms with van der Waals surface area (Å²) in [4.78, 5) is 14.4. The lowest BCUT2D eigenvalue weighted by Gasteiger charge is -2.32. The second kappa shape index (κ2) is 6.19. The Balaban J connectivity index is 1.93. The molecule has 0 bridgehead atoms. The van der Waals surface area contributed by atoms with Crippen LogP contribution in [-0.4, -0.2) is 47.2 Å². The van der Waals surface area contributed by atoms with E-state index in [0.717, 1.165) is 56.0 Å². The highest BCUT2D eigenvalue weighted by molar-refractivity contribution is 5.96. The summed E-state index contributed by atoms with van der Waals surface area (Å²) in [7, 11) is 0. The van der Waals surface area contributed by atoms with Gasteiger partial charge in [0.05, 0.1) is 11.3 Å². The van der Waals surface area contributed by atoms with Crippen LogP contribution >= 0.6 is 0 Å². The van der Waals surface area contributed by atoms with Gasteiger partial charge in [-0.25, -0.2) is 0 Å². The third-order valence-corrected chi connectivity index (χ3v) is 3.93. The van der Waals surface area contributed by atoms with Gasteiger partial charge in [-0.1, -0.05) is 6.92 Å². The highest BCUT2D eigenvalue weighted by atomic mass is 16.2. The lowest BCUT2D eigenvalue weighted by molar-refractivity contribution is 0.0689. The van der Waals surface area contributed by atoms with Crippen molar-refractivity contribution in [2.45, 2.75) is 33.6 Å². The summed E-state index contributed by atoms with van der Waals surface area (Å²) in [6, 6.07) is 0. The average Bonchev–Trinajstić information content (AvgIpc) is 2.76. The highest BCUT2D eigenvalue weighted by Crippen LogP contribution is 2.20. The number of aromatic nitrogens is 2. The fraction of sp³-hybridized carbons (Fsp3) is 0.714. The average molecular weight is 264 g/mol. The van der Waals surface area contributed by atoms with E-state index in [9.17, 15) is 4.79 Å². The van der Waals surface area contributed by atoms with Gasteiger partial charge in [-0.2, -0.15) is 5.10 Å². The van der Waals surface area contributed by atoms with Gasteiger partial charge in [-0.05, 0) is 45.7 Å². The first-order chi connectivity index (χ1) is 9.13. The smallest absolute Gasteiger partial charge is 0.257 e. The number of amides is 1. The van der Waals surface area contributed by atoms with Gasteiger partial charge in [0.25, 0.3) is 5.91 Å². The molecule has 0 aromatic carbocycles. The van der Waals surface area contributed by atoms with Crippen molar-refractivity contribution in [1.82, 2.24) is 20.4 Å². The van der Waals surface area contributed by atoms with Gasteiger partial charge in [0.1, 0.15) is 0 Å². The Kier molecular flexibility index (Phi) is 4.58. The van der Waals surface area contributed by atoms with Crippen molar-refractivity contribution < 1.29 is 4.79 Å². The molecule has 1 aromatic rings. The molecular weight excluding hydrogens is 240 g/mol. The van der Waals surface area contributed by atoms with Crippen LogP contribution in [0.4, 0.5) is 0 Å². The minimum absolute atomic E-state index is 0.130. The standard InChI is InChI=1S/C14H24N4O/c1-4-15-9-12-5-7-18(8-6-12)14(19)13-10(2)16-17-11(13)3/h12,15H,4-9H2,1-3H3,(H,16,17). The molecule has 5 nitrogen and oxygen atoms in total. The molecule has 1 fully saturated rings. The molecule has 5 heteroatoms. The number of nitrogens with one attached hydrogen (secondary N) is 2. The molecule has 1 aromatic heterocycles. The Morgan fingerprint density at radius 2 is 2.11 bits per heavy atom. The van der Waals surface area contributed by atoms with Crippen LogP contribution in [-0.2, 0) is 0 Å². The zero-order valence-electron chi connectivity index (χ0n) is 12.1. The molecule has 1 aliphatic rings. The van der Waals surface area contributed by atoms with Crippen molar-refractivity contribution in [3.8, 4) is 0 Å². The summed E-state index contributed by atoms with van der Waals surface area (Å²) < 4.78 is 0. The first kappa shape index (κ1) is 14.1. The van der Waals surface area contributed by atoms with Crippen LogP contribution in [0.3, 0.4) is 0 Å². The summed E-state index contributed by atoms with van der Waals surface area (Å²) in [6.45, 7) is 9.73. The van der Waals surface area contributed by atoms with E-state index in [2.05, 4.69) is 22.4 Å². The van der Waals surface area contributed by atoms with Gasteiger partial charge in [-0.15, -0.1) is 0 Å². The van der Waals surface area contributed by atoms with Crippen molar-refractivity contribution in [2.75, 3.05) is 26.2 Å². The maximum atomic E-state index is 12.5. The zero-order valence-corrected chi connectivity index (χ0v) is 12.1. The van der Waals surface area contributed by atoms with Crippen molar-refractivity contribution in [1.29, 1.82) is 0 Å².